The third kappa shape index (κ3) is 2.88. The van der Waals surface area contributed by atoms with Crippen molar-refractivity contribution < 1.29 is 9.90 Å². The molecule has 1 heterocycles. The van der Waals surface area contributed by atoms with Gasteiger partial charge in [-0.1, -0.05) is 0 Å². The summed E-state index contributed by atoms with van der Waals surface area (Å²) in [4.78, 5) is 14.9. The summed E-state index contributed by atoms with van der Waals surface area (Å²) in [5.41, 5.74) is 0. The van der Waals surface area contributed by atoms with Crippen LogP contribution in [0.1, 0.15) is 19.8 Å². The highest BCUT2D eigenvalue weighted by molar-refractivity contribution is 5.76. The second kappa shape index (κ2) is 4.46. The van der Waals surface area contributed by atoms with Gasteiger partial charge in [0.05, 0.1) is 6.10 Å². The van der Waals surface area contributed by atoms with E-state index in [0.717, 1.165) is 32.5 Å². The first kappa shape index (κ1) is 10.3. The fourth-order valence-corrected chi connectivity index (χ4v) is 1.49. The number of rotatable bonds is 4. The van der Waals surface area contributed by atoms with Gasteiger partial charge in [0.2, 0.25) is 0 Å². The minimum atomic E-state index is -0.254. The Kier molecular flexibility index (Phi) is 3.54. The quantitative estimate of drug-likeness (QED) is 0.695. The van der Waals surface area contributed by atoms with Crippen LogP contribution in [0.5, 0.6) is 0 Å². The van der Waals surface area contributed by atoms with Gasteiger partial charge in [-0.2, -0.15) is 0 Å². The first-order valence-electron chi connectivity index (χ1n) is 4.79. The maximum Gasteiger partial charge on any atom is 0.319 e. The minimum absolute atomic E-state index is 0.116. The lowest BCUT2D eigenvalue weighted by Gasteiger charge is -2.15. The smallest absolute Gasteiger partial charge is 0.319 e. The molecule has 4 heteroatoms. The van der Waals surface area contributed by atoms with Crippen LogP contribution in [0.4, 0.5) is 4.79 Å². The van der Waals surface area contributed by atoms with E-state index in [4.69, 9.17) is 5.11 Å². The maximum absolute atomic E-state index is 11.4. The van der Waals surface area contributed by atoms with E-state index in [1.807, 2.05) is 11.9 Å². The van der Waals surface area contributed by atoms with Gasteiger partial charge in [0, 0.05) is 26.7 Å². The van der Waals surface area contributed by atoms with Gasteiger partial charge >= 0.3 is 6.03 Å². The summed E-state index contributed by atoms with van der Waals surface area (Å²) in [6.07, 6.45) is 1.40. The lowest BCUT2D eigenvalue weighted by atomic mass is 10.2. The van der Waals surface area contributed by atoms with Crippen molar-refractivity contribution in [2.45, 2.75) is 25.9 Å². The Labute approximate surface area is 79.1 Å². The average Bonchev–Trinajstić information content (AvgIpc) is 2.35. The molecule has 1 fully saturated rings. The van der Waals surface area contributed by atoms with Crippen molar-refractivity contribution in [3.8, 4) is 0 Å². The highest BCUT2D eigenvalue weighted by Gasteiger charge is 2.24. The Morgan fingerprint density at radius 2 is 2.23 bits per heavy atom. The molecule has 13 heavy (non-hydrogen) atoms. The van der Waals surface area contributed by atoms with Crippen LogP contribution in [0.3, 0.4) is 0 Å². The van der Waals surface area contributed by atoms with E-state index >= 15 is 0 Å². The molecule has 0 spiro atoms. The first-order valence-corrected chi connectivity index (χ1v) is 4.79. The van der Waals surface area contributed by atoms with Gasteiger partial charge in [-0.25, -0.2) is 4.79 Å². The van der Waals surface area contributed by atoms with Crippen LogP contribution >= 0.6 is 0 Å². The van der Waals surface area contributed by atoms with E-state index < -0.39 is 0 Å². The van der Waals surface area contributed by atoms with Gasteiger partial charge in [0.15, 0.2) is 0 Å². The summed E-state index contributed by atoms with van der Waals surface area (Å²) in [5.74, 6) is 0. The molecule has 1 saturated heterocycles. The van der Waals surface area contributed by atoms with E-state index in [1.165, 1.54) is 0 Å². The van der Waals surface area contributed by atoms with Crippen LogP contribution in [-0.4, -0.2) is 53.7 Å². The van der Waals surface area contributed by atoms with Crippen molar-refractivity contribution in [3.63, 3.8) is 0 Å². The molecule has 1 aliphatic heterocycles. The zero-order chi connectivity index (χ0) is 9.84. The molecule has 1 atom stereocenters. The van der Waals surface area contributed by atoms with Crippen molar-refractivity contribution in [1.82, 2.24) is 9.80 Å². The van der Waals surface area contributed by atoms with Gasteiger partial charge in [-0.15, -0.1) is 0 Å². The zero-order valence-electron chi connectivity index (χ0n) is 8.36. The fourth-order valence-electron chi connectivity index (χ4n) is 1.49. The third-order valence-electron chi connectivity index (χ3n) is 2.35. The van der Waals surface area contributed by atoms with Crippen LogP contribution in [0.15, 0.2) is 0 Å². The molecule has 0 aliphatic carbocycles. The molecule has 1 aliphatic rings. The predicted octanol–water partition coefficient (Wildman–Crippen LogP) is 0.515. The Morgan fingerprint density at radius 1 is 1.54 bits per heavy atom. The standard InChI is InChI=1S/C9H18N2O2/c1-8(12)4-3-5-11-7-6-10(2)9(11)13/h8,12H,3-7H2,1-2H3. The largest absolute Gasteiger partial charge is 0.393 e. The molecule has 0 saturated carbocycles. The number of hydrogen-bond donors (Lipinski definition) is 1. The summed E-state index contributed by atoms with van der Waals surface area (Å²) in [7, 11) is 1.82. The molecule has 0 aromatic heterocycles. The zero-order valence-corrected chi connectivity index (χ0v) is 8.36. The topological polar surface area (TPSA) is 43.8 Å². The Bertz CT molecular complexity index is 182. The average molecular weight is 186 g/mol. The number of nitrogens with zero attached hydrogens (tertiary/aromatic N) is 2. The monoisotopic (exact) mass is 186 g/mol. The van der Waals surface area contributed by atoms with Crippen LogP contribution in [0.2, 0.25) is 0 Å². The van der Waals surface area contributed by atoms with E-state index in [-0.39, 0.29) is 12.1 Å². The molecule has 0 aromatic carbocycles. The van der Waals surface area contributed by atoms with Crippen molar-refractivity contribution in [2.24, 2.45) is 0 Å². The predicted molar refractivity (Wildman–Crippen MR) is 50.5 cm³/mol. The van der Waals surface area contributed by atoms with Crippen LogP contribution in [0, 0.1) is 0 Å². The number of likely N-dealkylation sites (N-methyl/N-ethyl adjacent to an activating group) is 1. The molecular formula is C9H18N2O2. The SMILES string of the molecule is CC(O)CCCN1CCN(C)C1=O. The van der Waals surface area contributed by atoms with Gasteiger partial charge in [0.25, 0.3) is 0 Å². The minimum Gasteiger partial charge on any atom is -0.393 e. The summed E-state index contributed by atoms with van der Waals surface area (Å²) in [6.45, 7) is 4.20. The summed E-state index contributed by atoms with van der Waals surface area (Å²) >= 11 is 0. The highest BCUT2D eigenvalue weighted by Crippen LogP contribution is 2.07. The van der Waals surface area contributed by atoms with Crippen molar-refractivity contribution in [3.05, 3.63) is 0 Å². The van der Waals surface area contributed by atoms with Crippen molar-refractivity contribution >= 4 is 6.03 Å². The van der Waals surface area contributed by atoms with Gasteiger partial charge in [-0.3, -0.25) is 0 Å². The third-order valence-corrected chi connectivity index (χ3v) is 2.35. The molecule has 4 nitrogen and oxygen atoms in total. The highest BCUT2D eigenvalue weighted by atomic mass is 16.3. The number of amides is 2. The number of aliphatic hydroxyl groups excluding tert-OH is 1. The molecule has 1 N–H and O–H groups in total. The fraction of sp³-hybridized carbons (Fsp3) is 0.889. The first-order chi connectivity index (χ1) is 6.11. The molecule has 0 aromatic rings. The molecular weight excluding hydrogens is 168 g/mol. The van der Waals surface area contributed by atoms with Crippen molar-refractivity contribution in [1.29, 1.82) is 0 Å². The summed E-state index contributed by atoms with van der Waals surface area (Å²) in [5, 5.41) is 9.03. The van der Waals surface area contributed by atoms with Gasteiger partial charge in [0.1, 0.15) is 0 Å². The molecule has 0 radical (unpaired) electrons. The maximum atomic E-state index is 11.4. The van der Waals surface area contributed by atoms with Gasteiger partial charge in [-0.05, 0) is 19.8 Å². The molecule has 2 amide bonds. The number of carbonyl (C=O) groups is 1. The Balaban J connectivity index is 2.19. The lowest BCUT2D eigenvalue weighted by Crippen LogP contribution is -2.30. The molecule has 76 valence electrons. The van der Waals surface area contributed by atoms with Crippen LogP contribution < -0.4 is 0 Å². The Hall–Kier alpha value is -0.770. The lowest BCUT2D eigenvalue weighted by molar-refractivity contribution is 0.171. The van der Waals surface area contributed by atoms with Crippen molar-refractivity contribution in [2.75, 3.05) is 26.7 Å². The van der Waals surface area contributed by atoms with Gasteiger partial charge < -0.3 is 14.9 Å². The van der Waals surface area contributed by atoms with Crippen LogP contribution in [-0.2, 0) is 0 Å². The second-order valence-electron chi connectivity index (χ2n) is 3.68. The summed E-state index contributed by atoms with van der Waals surface area (Å²) < 4.78 is 0. The van der Waals surface area contributed by atoms with E-state index in [2.05, 4.69) is 0 Å². The number of hydrogen-bond acceptors (Lipinski definition) is 2. The Morgan fingerprint density at radius 3 is 2.69 bits per heavy atom. The molecule has 1 unspecified atom stereocenters. The normalized spacial score (nSPS) is 19.8. The summed E-state index contributed by atoms with van der Waals surface area (Å²) in [6, 6.07) is 0.116. The number of aliphatic hydroxyl groups is 1. The molecule has 0 bridgehead atoms. The van der Waals surface area contributed by atoms with E-state index in [0.29, 0.717) is 0 Å². The number of carbonyl (C=O) groups excluding carboxylic acids is 1. The molecule has 1 rings (SSSR count). The van der Waals surface area contributed by atoms with Crippen LogP contribution in [0.25, 0.3) is 0 Å². The number of urea groups is 1. The van der Waals surface area contributed by atoms with E-state index in [9.17, 15) is 4.79 Å². The van der Waals surface area contributed by atoms with E-state index in [1.54, 1.807) is 11.8 Å². The second-order valence-corrected chi connectivity index (χ2v) is 3.68.